The van der Waals surface area contributed by atoms with E-state index < -0.39 is 5.91 Å². The summed E-state index contributed by atoms with van der Waals surface area (Å²) < 4.78 is 0. The lowest BCUT2D eigenvalue weighted by Gasteiger charge is -2.35. The van der Waals surface area contributed by atoms with Crippen molar-refractivity contribution in [3.63, 3.8) is 0 Å². The van der Waals surface area contributed by atoms with Crippen LogP contribution in [-0.4, -0.2) is 41.9 Å². The molecule has 1 aliphatic rings. The molecule has 5 heteroatoms. The van der Waals surface area contributed by atoms with E-state index in [9.17, 15) is 9.59 Å². The quantitative estimate of drug-likeness (QED) is 0.733. The number of carbonyl (C=O) groups excluding carboxylic acids is 2. The third kappa shape index (κ3) is 3.70. The highest BCUT2D eigenvalue weighted by atomic mass is 16.2. The Hall–Kier alpha value is -1.10. The first-order valence-electron chi connectivity index (χ1n) is 6.25. The summed E-state index contributed by atoms with van der Waals surface area (Å²) in [5.41, 5.74) is 5.18. The molecule has 0 bridgehead atoms. The maximum atomic E-state index is 12.3. The molecule has 0 aliphatic carbocycles. The van der Waals surface area contributed by atoms with Crippen molar-refractivity contribution < 1.29 is 9.59 Å². The number of nitrogens with one attached hydrogen (secondary N) is 1. The van der Waals surface area contributed by atoms with Crippen LogP contribution in [0.1, 0.15) is 33.6 Å². The number of piperidine rings is 1. The fraction of sp³-hybridized carbons (Fsp3) is 0.833. The summed E-state index contributed by atoms with van der Waals surface area (Å²) in [6, 6.07) is -0.184. The van der Waals surface area contributed by atoms with Gasteiger partial charge in [0.15, 0.2) is 0 Å². The van der Waals surface area contributed by atoms with E-state index in [1.165, 1.54) is 0 Å². The van der Waals surface area contributed by atoms with Crippen LogP contribution in [0, 0.1) is 5.92 Å². The molecule has 1 heterocycles. The Balaban J connectivity index is 2.72. The van der Waals surface area contributed by atoms with Gasteiger partial charge in [-0.25, -0.2) is 0 Å². The predicted octanol–water partition coefficient (Wildman–Crippen LogP) is 0.0968. The molecule has 1 rings (SSSR count). The Morgan fingerprint density at radius 3 is 2.59 bits per heavy atom. The lowest BCUT2D eigenvalue weighted by atomic mass is 9.91. The minimum Gasteiger partial charge on any atom is -0.368 e. The zero-order valence-corrected chi connectivity index (χ0v) is 10.9. The van der Waals surface area contributed by atoms with Gasteiger partial charge in [0.2, 0.25) is 11.8 Å². The number of rotatable bonds is 4. The van der Waals surface area contributed by atoms with Crippen molar-refractivity contribution in [3.8, 4) is 0 Å². The summed E-state index contributed by atoms with van der Waals surface area (Å²) >= 11 is 0. The Morgan fingerprint density at radius 1 is 1.47 bits per heavy atom. The van der Waals surface area contributed by atoms with Gasteiger partial charge in [-0.3, -0.25) is 9.59 Å². The molecule has 0 saturated carbocycles. The molecule has 1 fully saturated rings. The summed E-state index contributed by atoms with van der Waals surface area (Å²) in [6.45, 7) is 6.73. The lowest BCUT2D eigenvalue weighted by Crippen LogP contribution is -2.55. The van der Waals surface area contributed by atoms with Crippen LogP contribution in [0.3, 0.4) is 0 Å². The predicted molar refractivity (Wildman–Crippen MR) is 66.2 cm³/mol. The number of hydrogen-bond donors (Lipinski definition) is 2. The van der Waals surface area contributed by atoms with Crippen LogP contribution >= 0.6 is 0 Å². The fourth-order valence-electron chi connectivity index (χ4n) is 2.24. The second kappa shape index (κ2) is 6.00. The summed E-state index contributed by atoms with van der Waals surface area (Å²) in [5, 5.41) is 3.23. The van der Waals surface area contributed by atoms with Crippen LogP contribution in [0.2, 0.25) is 0 Å². The highest BCUT2D eigenvalue weighted by Crippen LogP contribution is 2.18. The van der Waals surface area contributed by atoms with Gasteiger partial charge in [-0.2, -0.15) is 0 Å². The first-order chi connectivity index (χ1) is 7.93. The smallest absolute Gasteiger partial charge is 0.240 e. The lowest BCUT2D eigenvalue weighted by molar-refractivity contribution is -0.140. The summed E-state index contributed by atoms with van der Waals surface area (Å²) in [6.07, 6.45) is 2.15. The average molecular weight is 241 g/mol. The van der Waals surface area contributed by atoms with E-state index in [0.29, 0.717) is 5.92 Å². The fourth-order valence-corrected chi connectivity index (χ4v) is 2.24. The van der Waals surface area contributed by atoms with Gasteiger partial charge in [0.05, 0.1) is 12.6 Å². The van der Waals surface area contributed by atoms with Crippen molar-refractivity contribution in [3.05, 3.63) is 0 Å². The summed E-state index contributed by atoms with van der Waals surface area (Å²) in [5.74, 6) is -0.160. The van der Waals surface area contributed by atoms with Crippen molar-refractivity contribution in [2.45, 2.75) is 45.7 Å². The van der Waals surface area contributed by atoms with Gasteiger partial charge < -0.3 is 16.0 Å². The largest absolute Gasteiger partial charge is 0.368 e. The third-order valence-corrected chi connectivity index (χ3v) is 3.27. The van der Waals surface area contributed by atoms with E-state index in [-0.39, 0.29) is 24.5 Å². The summed E-state index contributed by atoms with van der Waals surface area (Å²) in [4.78, 5) is 24.9. The number of hydrogen-bond acceptors (Lipinski definition) is 3. The number of nitrogens with two attached hydrogens (primary N) is 1. The molecule has 2 unspecified atom stereocenters. The Labute approximate surface area is 103 Å². The van der Waals surface area contributed by atoms with Gasteiger partial charge in [0.25, 0.3) is 0 Å². The molecule has 1 aliphatic heterocycles. The highest BCUT2D eigenvalue weighted by Gasteiger charge is 2.32. The normalized spacial score (nSPS) is 24.7. The molecule has 5 nitrogen and oxygen atoms in total. The Morgan fingerprint density at radius 2 is 2.12 bits per heavy atom. The topological polar surface area (TPSA) is 75.4 Å². The maximum Gasteiger partial charge on any atom is 0.240 e. The molecule has 3 N–H and O–H groups in total. The second-order valence-corrected chi connectivity index (χ2v) is 5.08. The van der Waals surface area contributed by atoms with Crippen LogP contribution in [0.15, 0.2) is 0 Å². The molecule has 98 valence electrons. The van der Waals surface area contributed by atoms with Gasteiger partial charge in [0, 0.05) is 6.04 Å². The number of primary amides is 1. The van der Waals surface area contributed by atoms with Crippen molar-refractivity contribution in [2.75, 3.05) is 13.1 Å². The molecule has 0 aromatic rings. The minimum absolute atomic E-state index is 0.00139. The van der Waals surface area contributed by atoms with E-state index in [2.05, 4.69) is 12.2 Å². The van der Waals surface area contributed by atoms with Gasteiger partial charge in [0.1, 0.15) is 0 Å². The highest BCUT2D eigenvalue weighted by molar-refractivity contribution is 5.87. The first-order valence-corrected chi connectivity index (χ1v) is 6.25. The number of amides is 2. The second-order valence-electron chi connectivity index (χ2n) is 5.08. The number of nitrogens with zero attached hydrogens (tertiary/aromatic N) is 1. The molecule has 2 amide bonds. The van der Waals surface area contributed by atoms with Crippen LogP contribution < -0.4 is 11.1 Å². The van der Waals surface area contributed by atoms with Gasteiger partial charge in [-0.1, -0.05) is 6.92 Å². The van der Waals surface area contributed by atoms with E-state index >= 15 is 0 Å². The molecule has 0 spiro atoms. The van der Waals surface area contributed by atoms with Crippen LogP contribution in [0.25, 0.3) is 0 Å². The van der Waals surface area contributed by atoms with Crippen molar-refractivity contribution in [1.82, 2.24) is 10.2 Å². The molecule has 0 aromatic carbocycles. The SMILES string of the molecule is CC1CCCNC1C(=O)N(CC(N)=O)C(C)C. The standard InChI is InChI=1S/C12H23N3O2/c1-8(2)15(7-10(13)16)12(17)11-9(3)5-4-6-14-11/h8-9,11,14H,4-7H2,1-3H3,(H2,13,16). The Bertz CT molecular complexity index is 291. The molecule has 17 heavy (non-hydrogen) atoms. The van der Waals surface area contributed by atoms with Gasteiger partial charge >= 0.3 is 0 Å². The zero-order valence-electron chi connectivity index (χ0n) is 10.9. The van der Waals surface area contributed by atoms with Gasteiger partial charge in [-0.05, 0) is 39.2 Å². The molecule has 0 radical (unpaired) electrons. The van der Waals surface area contributed by atoms with E-state index in [1.54, 1.807) is 4.90 Å². The first kappa shape index (κ1) is 14.0. The molecule has 2 atom stereocenters. The minimum atomic E-state index is -0.462. The van der Waals surface area contributed by atoms with Crippen LogP contribution in [0.5, 0.6) is 0 Å². The van der Waals surface area contributed by atoms with Crippen molar-refractivity contribution in [1.29, 1.82) is 0 Å². The third-order valence-electron chi connectivity index (χ3n) is 3.27. The maximum absolute atomic E-state index is 12.3. The van der Waals surface area contributed by atoms with Crippen molar-refractivity contribution in [2.24, 2.45) is 11.7 Å². The monoisotopic (exact) mass is 241 g/mol. The molecule has 0 aromatic heterocycles. The molecular formula is C12H23N3O2. The summed E-state index contributed by atoms with van der Waals surface area (Å²) in [7, 11) is 0. The van der Waals surface area contributed by atoms with E-state index in [0.717, 1.165) is 19.4 Å². The zero-order chi connectivity index (χ0) is 13.0. The average Bonchev–Trinajstić information content (AvgIpc) is 2.25. The van der Waals surface area contributed by atoms with Crippen LogP contribution in [0.4, 0.5) is 0 Å². The van der Waals surface area contributed by atoms with Crippen LogP contribution in [-0.2, 0) is 9.59 Å². The Kier molecular flexibility index (Phi) is 4.93. The molecular weight excluding hydrogens is 218 g/mol. The van der Waals surface area contributed by atoms with Gasteiger partial charge in [-0.15, -0.1) is 0 Å². The molecule has 1 saturated heterocycles. The van der Waals surface area contributed by atoms with Crippen molar-refractivity contribution >= 4 is 11.8 Å². The number of carbonyl (C=O) groups is 2. The van der Waals surface area contributed by atoms with E-state index in [4.69, 9.17) is 5.73 Å². The van der Waals surface area contributed by atoms with E-state index in [1.807, 2.05) is 13.8 Å².